The van der Waals surface area contributed by atoms with E-state index in [0.29, 0.717) is 12.2 Å². The highest BCUT2D eigenvalue weighted by molar-refractivity contribution is 7.10. The van der Waals surface area contributed by atoms with Gasteiger partial charge in [0.1, 0.15) is 0 Å². The van der Waals surface area contributed by atoms with E-state index in [1.54, 1.807) is 24.3 Å². The van der Waals surface area contributed by atoms with Gasteiger partial charge in [-0.15, -0.1) is 11.3 Å². The maximum absolute atomic E-state index is 11.6. The van der Waals surface area contributed by atoms with Crippen molar-refractivity contribution >= 4 is 17.2 Å². The molecule has 2 aromatic rings. The second-order valence-corrected chi connectivity index (χ2v) is 4.54. The Morgan fingerprint density at radius 1 is 1.56 bits per heavy atom. The van der Waals surface area contributed by atoms with Crippen LogP contribution in [0.3, 0.4) is 0 Å². The Bertz CT molecular complexity index is 502. The van der Waals surface area contributed by atoms with E-state index >= 15 is 0 Å². The van der Waals surface area contributed by atoms with E-state index in [1.165, 1.54) is 5.56 Å². The molecule has 0 aliphatic rings. The smallest absolute Gasteiger partial charge is 0.290 e. The molecule has 1 amide bonds. The largest absolute Gasteiger partial charge is 0.351 e. The summed E-state index contributed by atoms with van der Waals surface area (Å²) >= 11 is 1.63. The summed E-state index contributed by atoms with van der Waals surface area (Å²) in [4.78, 5) is 12.8. The quantitative estimate of drug-likeness (QED) is 0.889. The average molecular weight is 236 g/mol. The zero-order chi connectivity index (χ0) is 11.5. The maximum Gasteiger partial charge on any atom is 0.290 e. The fourth-order valence-electron chi connectivity index (χ4n) is 1.30. The molecule has 0 saturated carbocycles. The van der Waals surface area contributed by atoms with Crippen molar-refractivity contribution in [3.8, 4) is 0 Å². The maximum atomic E-state index is 11.6. The van der Waals surface area contributed by atoms with E-state index in [4.69, 9.17) is 4.52 Å². The third-order valence-corrected chi connectivity index (χ3v) is 3.25. The number of hydrogen-bond acceptors (Lipinski definition) is 4. The second kappa shape index (κ2) is 4.49. The highest BCUT2D eigenvalue weighted by atomic mass is 32.1. The van der Waals surface area contributed by atoms with Crippen molar-refractivity contribution in [3.05, 3.63) is 39.4 Å². The summed E-state index contributed by atoms with van der Waals surface area (Å²) in [6.45, 7) is 4.34. The zero-order valence-corrected chi connectivity index (χ0v) is 9.93. The summed E-state index contributed by atoms with van der Waals surface area (Å²) in [5, 5.41) is 8.47. The van der Waals surface area contributed by atoms with E-state index in [1.807, 2.05) is 18.4 Å². The van der Waals surface area contributed by atoms with Crippen molar-refractivity contribution in [2.45, 2.75) is 20.4 Å². The van der Waals surface area contributed by atoms with Crippen LogP contribution in [0.5, 0.6) is 0 Å². The van der Waals surface area contributed by atoms with E-state index in [0.717, 1.165) is 4.88 Å². The third-order valence-electron chi connectivity index (χ3n) is 2.23. The lowest BCUT2D eigenvalue weighted by atomic mass is 10.3. The predicted octanol–water partition coefficient (Wildman–Crippen LogP) is 2.28. The Hall–Kier alpha value is -1.62. The van der Waals surface area contributed by atoms with Crippen LogP contribution >= 0.6 is 11.3 Å². The lowest BCUT2D eigenvalue weighted by molar-refractivity contribution is 0.0914. The number of aryl methyl sites for hydroxylation is 2. The van der Waals surface area contributed by atoms with Gasteiger partial charge >= 0.3 is 0 Å². The van der Waals surface area contributed by atoms with Crippen LogP contribution in [0.2, 0.25) is 0 Å². The summed E-state index contributed by atoms with van der Waals surface area (Å²) < 4.78 is 4.87. The van der Waals surface area contributed by atoms with Crippen molar-refractivity contribution in [1.82, 2.24) is 10.5 Å². The first kappa shape index (κ1) is 10.9. The lowest BCUT2D eigenvalue weighted by Gasteiger charge is -2.01. The highest BCUT2D eigenvalue weighted by Gasteiger charge is 2.11. The molecule has 1 N–H and O–H groups in total. The van der Waals surface area contributed by atoms with Crippen LogP contribution in [-0.2, 0) is 6.54 Å². The van der Waals surface area contributed by atoms with Crippen LogP contribution in [-0.4, -0.2) is 11.1 Å². The van der Waals surface area contributed by atoms with Crippen LogP contribution in [0.4, 0.5) is 0 Å². The van der Waals surface area contributed by atoms with Gasteiger partial charge in [-0.3, -0.25) is 4.79 Å². The molecule has 5 heteroatoms. The molecule has 0 aliphatic carbocycles. The fraction of sp³-hybridized carbons (Fsp3) is 0.273. The molecule has 16 heavy (non-hydrogen) atoms. The first-order valence-corrected chi connectivity index (χ1v) is 5.79. The molecule has 2 rings (SSSR count). The van der Waals surface area contributed by atoms with Gasteiger partial charge < -0.3 is 9.84 Å². The first-order chi connectivity index (χ1) is 7.66. The van der Waals surface area contributed by atoms with Crippen LogP contribution in [0.1, 0.15) is 26.7 Å². The Balaban J connectivity index is 1.96. The standard InChI is InChI=1S/C11H12N2O2S/c1-7-3-4-16-10(7)6-12-11(14)9-5-8(2)13-15-9/h3-5H,6H2,1-2H3,(H,12,14). The Kier molecular flexibility index (Phi) is 3.05. The minimum atomic E-state index is -0.228. The van der Waals surface area contributed by atoms with Crippen molar-refractivity contribution in [1.29, 1.82) is 0 Å². The Morgan fingerprint density at radius 2 is 2.38 bits per heavy atom. The predicted molar refractivity (Wildman–Crippen MR) is 61.5 cm³/mol. The number of amides is 1. The Morgan fingerprint density at radius 3 is 2.94 bits per heavy atom. The number of nitrogens with one attached hydrogen (secondary N) is 1. The van der Waals surface area contributed by atoms with Crippen LogP contribution in [0.15, 0.2) is 22.0 Å². The summed E-state index contributed by atoms with van der Waals surface area (Å²) in [7, 11) is 0. The van der Waals surface area contributed by atoms with Gasteiger partial charge in [-0.05, 0) is 30.9 Å². The topological polar surface area (TPSA) is 55.1 Å². The Labute approximate surface area is 97.3 Å². The van der Waals surface area contributed by atoms with Gasteiger partial charge in [0, 0.05) is 10.9 Å². The summed E-state index contributed by atoms with van der Waals surface area (Å²) in [6.07, 6.45) is 0. The second-order valence-electron chi connectivity index (χ2n) is 3.54. The average Bonchev–Trinajstić information content (AvgIpc) is 2.84. The van der Waals surface area contributed by atoms with Crippen LogP contribution in [0, 0.1) is 13.8 Å². The van der Waals surface area contributed by atoms with E-state index in [9.17, 15) is 4.79 Å². The van der Waals surface area contributed by atoms with Gasteiger partial charge in [-0.1, -0.05) is 5.16 Å². The normalized spacial score (nSPS) is 10.4. The number of nitrogens with zero attached hydrogens (tertiary/aromatic N) is 1. The van der Waals surface area contributed by atoms with Gasteiger partial charge in [0.15, 0.2) is 0 Å². The lowest BCUT2D eigenvalue weighted by Crippen LogP contribution is -2.22. The molecule has 4 nitrogen and oxygen atoms in total. The van der Waals surface area contributed by atoms with Crippen LogP contribution < -0.4 is 5.32 Å². The molecule has 0 aromatic carbocycles. The molecule has 0 saturated heterocycles. The van der Waals surface area contributed by atoms with E-state index in [2.05, 4.69) is 10.5 Å². The number of thiophene rings is 1. The van der Waals surface area contributed by atoms with Gasteiger partial charge in [-0.2, -0.15) is 0 Å². The van der Waals surface area contributed by atoms with Gasteiger partial charge in [0.2, 0.25) is 5.76 Å². The van der Waals surface area contributed by atoms with Crippen LogP contribution in [0.25, 0.3) is 0 Å². The van der Waals surface area contributed by atoms with E-state index in [-0.39, 0.29) is 11.7 Å². The molecular weight excluding hydrogens is 224 g/mol. The number of carbonyl (C=O) groups is 1. The SMILES string of the molecule is Cc1cc(C(=O)NCc2sccc2C)on1. The van der Waals surface area contributed by atoms with Crippen molar-refractivity contribution in [3.63, 3.8) is 0 Å². The van der Waals surface area contributed by atoms with Gasteiger partial charge in [-0.25, -0.2) is 0 Å². The van der Waals surface area contributed by atoms with Crippen molar-refractivity contribution in [2.24, 2.45) is 0 Å². The molecule has 0 bridgehead atoms. The molecule has 2 heterocycles. The first-order valence-electron chi connectivity index (χ1n) is 4.91. The molecule has 0 atom stereocenters. The minimum absolute atomic E-state index is 0.228. The molecule has 0 fully saturated rings. The molecular formula is C11H12N2O2S. The molecule has 0 radical (unpaired) electrons. The molecule has 0 spiro atoms. The number of hydrogen-bond donors (Lipinski definition) is 1. The molecule has 0 aliphatic heterocycles. The van der Waals surface area contributed by atoms with Gasteiger partial charge in [0.05, 0.1) is 12.2 Å². The fourth-order valence-corrected chi connectivity index (χ4v) is 2.15. The summed E-state index contributed by atoms with van der Waals surface area (Å²) in [5.74, 6) is 0.0279. The summed E-state index contributed by atoms with van der Waals surface area (Å²) in [5.41, 5.74) is 1.90. The highest BCUT2D eigenvalue weighted by Crippen LogP contribution is 2.15. The third kappa shape index (κ3) is 2.30. The number of rotatable bonds is 3. The number of aromatic nitrogens is 1. The van der Waals surface area contributed by atoms with Crippen molar-refractivity contribution < 1.29 is 9.32 Å². The van der Waals surface area contributed by atoms with Gasteiger partial charge in [0.25, 0.3) is 5.91 Å². The van der Waals surface area contributed by atoms with E-state index < -0.39 is 0 Å². The molecule has 2 aromatic heterocycles. The minimum Gasteiger partial charge on any atom is -0.351 e. The number of carbonyl (C=O) groups excluding carboxylic acids is 1. The zero-order valence-electron chi connectivity index (χ0n) is 9.11. The molecule has 0 unspecified atom stereocenters. The summed E-state index contributed by atoms with van der Waals surface area (Å²) in [6, 6.07) is 3.65. The monoisotopic (exact) mass is 236 g/mol. The molecule has 84 valence electrons. The van der Waals surface area contributed by atoms with Crippen molar-refractivity contribution in [2.75, 3.05) is 0 Å².